The number of hydrogen-bond acceptors (Lipinski definition) is 5. The summed E-state index contributed by atoms with van der Waals surface area (Å²) >= 11 is 2.96. The fourth-order valence-electron chi connectivity index (χ4n) is 2.21. The highest BCUT2D eigenvalue weighted by Gasteiger charge is 2.15. The van der Waals surface area contributed by atoms with E-state index in [0.29, 0.717) is 15.8 Å². The molecule has 0 radical (unpaired) electrons. The second-order valence-corrected chi connectivity index (χ2v) is 6.43. The Hall–Kier alpha value is -2.31. The molecule has 0 saturated carbocycles. The first-order chi connectivity index (χ1) is 10.7. The fourth-order valence-corrected chi connectivity index (χ4v) is 3.95. The number of rotatable bonds is 2. The van der Waals surface area contributed by atoms with Crippen LogP contribution in [0.25, 0.3) is 32.1 Å². The number of halogens is 1. The van der Waals surface area contributed by atoms with Gasteiger partial charge in [0.25, 0.3) is 0 Å². The Morgan fingerprint density at radius 3 is 2.64 bits per heavy atom. The SMILES string of the molecule is O=c1oc(-c2ccc(F)cc2)nc2scc(-c3cccs3)c12. The normalized spacial score (nSPS) is 11.1. The molecule has 22 heavy (non-hydrogen) atoms. The molecule has 0 N–H and O–H groups in total. The summed E-state index contributed by atoms with van der Waals surface area (Å²) in [6.07, 6.45) is 0. The van der Waals surface area contributed by atoms with Crippen LogP contribution in [-0.4, -0.2) is 4.98 Å². The topological polar surface area (TPSA) is 43.1 Å². The van der Waals surface area contributed by atoms with Crippen molar-refractivity contribution in [1.29, 1.82) is 0 Å². The van der Waals surface area contributed by atoms with Gasteiger partial charge in [-0.3, -0.25) is 0 Å². The molecule has 0 bridgehead atoms. The van der Waals surface area contributed by atoms with E-state index >= 15 is 0 Å². The summed E-state index contributed by atoms with van der Waals surface area (Å²) in [6, 6.07) is 9.60. The first-order valence-corrected chi connectivity index (χ1v) is 8.20. The molecule has 0 saturated heterocycles. The number of benzene rings is 1. The lowest BCUT2D eigenvalue weighted by molar-refractivity contribution is 0.519. The third kappa shape index (κ3) is 2.17. The van der Waals surface area contributed by atoms with Crippen molar-refractivity contribution in [2.24, 2.45) is 0 Å². The van der Waals surface area contributed by atoms with E-state index in [1.54, 1.807) is 23.5 Å². The Morgan fingerprint density at radius 2 is 1.91 bits per heavy atom. The zero-order valence-electron chi connectivity index (χ0n) is 11.1. The highest BCUT2D eigenvalue weighted by Crippen LogP contribution is 2.34. The second-order valence-electron chi connectivity index (χ2n) is 4.62. The monoisotopic (exact) mass is 329 g/mol. The van der Waals surface area contributed by atoms with Crippen LogP contribution in [0.15, 0.2) is 56.4 Å². The minimum Gasteiger partial charge on any atom is -0.403 e. The van der Waals surface area contributed by atoms with Crippen LogP contribution < -0.4 is 5.63 Å². The molecular weight excluding hydrogens is 321 g/mol. The Bertz CT molecular complexity index is 1000. The average Bonchev–Trinajstić information content (AvgIpc) is 3.16. The summed E-state index contributed by atoms with van der Waals surface area (Å²) in [5, 5.41) is 4.37. The number of thiophene rings is 2. The predicted molar refractivity (Wildman–Crippen MR) is 86.9 cm³/mol. The zero-order valence-corrected chi connectivity index (χ0v) is 12.7. The van der Waals surface area contributed by atoms with Crippen molar-refractivity contribution in [3.63, 3.8) is 0 Å². The molecule has 3 heterocycles. The highest BCUT2D eigenvalue weighted by molar-refractivity contribution is 7.18. The Kier molecular flexibility index (Phi) is 3.13. The quantitative estimate of drug-likeness (QED) is 0.531. The Morgan fingerprint density at radius 1 is 1.09 bits per heavy atom. The first kappa shape index (κ1) is 13.4. The molecule has 0 unspecified atom stereocenters. The number of hydrogen-bond donors (Lipinski definition) is 0. The second kappa shape index (κ2) is 5.15. The summed E-state index contributed by atoms with van der Waals surface area (Å²) in [4.78, 5) is 18.4. The van der Waals surface area contributed by atoms with E-state index in [9.17, 15) is 9.18 Å². The van der Waals surface area contributed by atoms with Crippen LogP contribution in [0.2, 0.25) is 0 Å². The van der Waals surface area contributed by atoms with Crippen molar-refractivity contribution in [3.05, 3.63) is 63.4 Å². The van der Waals surface area contributed by atoms with Gasteiger partial charge < -0.3 is 4.42 Å². The van der Waals surface area contributed by atoms with Crippen LogP contribution in [-0.2, 0) is 0 Å². The van der Waals surface area contributed by atoms with Crippen LogP contribution in [0.5, 0.6) is 0 Å². The van der Waals surface area contributed by atoms with Gasteiger partial charge in [0, 0.05) is 21.4 Å². The fraction of sp³-hybridized carbons (Fsp3) is 0. The first-order valence-electron chi connectivity index (χ1n) is 6.44. The van der Waals surface area contributed by atoms with Crippen molar-refractivity contribution in [1.82, 2.24) is 4.98 Å². The number of nitrogens with zero attached hydrogens (tertiary/aromatic N) is 1. The molecule has 0 fully saturated rings. The lowest BCUT2D eigenvalue weighted by Crippen LogP contribution is -2.02. The molecule has 108 valence electrons. The lowest BCUT2D eigenvalue weighted by atomic mass is 10.2. The van der Waals surface area contributed by atoms with E-state index in [1.165, 1.54) is 23.5 Å². The molecule has 3 nitrogen and oxygen atoms in total. The molecule has 3 aromatic heterocycles. The van der Waals surface area contributed by atoms with Gasteiger partial charge in [0.05, 0.1) is 0 Å². The van der Waals surface area contributed by atoms with Crippen molar-refractivity contribution in [2.45, 2.75) is 0 Å². The molecule has 0 spiro atoms. The third-order valence-corrected chi connectivity index (χ3v) is 5.02. The van der Waals surface area contributed by atoms with E-state index < -0.39 is 5.63 Å². The maximum atomic E-state index is 13.0. The molecule has 0 aliphatic rings. The molecule has 0 amide bonds. The minimum atomic E-state index is -0.422. The molecule has 4 aromatic rings. The van der Waals surface area contributed by atoms with Gasteiger partial charge in [-0.25, -0.2) is 14.2 Å². The van der Waals surface area contributed by atoms with E-state index in [4.69, 9.17) is 4.42 Å². The minimum absolute atomic E-state index is 0.206. The van der Waals surface area contributed by atoms with Gasteiger partial charge in [-0.1, -0.05) is 6.07 Å². The molecule has 0 aliphatic carbocycles. The maximum absolute atomic E-state index is 13.0. The van der Waals surface area contributed by atoms with E-state index in [-0.39, 0.29) is 11.7 Å². The average molecular weight is 329 g/mol. The van der Waals surface area contributed by atoms with Crippen molar-refractivity contribution in [2.75, 3.05) is 0 Å². The molecule has 4 rings (SSSR count). The van der Waals surface area contributed by atoms with Crippen molar-refractivity contribution >= 4 is 32.9 Å². The Labute approximate surface area is 132 Å². The lowest BCUT2D eigenvalue weighted by Gasteiger charge is -2.00. The van der Waals surface area contributed by atoms with Crippen LogP contribution in [0, 0.1) is 5.82 Å². The van der Waals surface area contributed by atoms with E-state index in [2.05, 4.69) is 4.98 Å². The van der Waals surface area contributed by atoms with Crippen molar-refractivity contribution in [3.8, 4) is 21.9 Å². The summed E-state index contributed by atoms with van der Waals surface area (Å²) < 4.78 is 18.3. The Balaban J connectivity index is 1.92. The number of fused-ring (bicyclic) bond motifs is 1. The van der Waals surface area contributed by atoms with E-state index in [0.717, 1.165) is 10.4 Å². The van der Waals surface area contributed by atoms with Gasteiger partial charge >= 0.3 is 5.63 Å². The van der Waals surface area contributed by atoms with Crippen LogP contribution in [0.1, 0.15) is 0 Å². The summed E-state index contributed by atoms with van der Waals surface area (Å²) in [6.45, 7) is 0. The van der Waals surface area contributed by atoms with E-state index in [1.807, 2.05) is 22.9 Å². The molecule has 0 atom stereocenters. The van der Waals surface area contributed by atoms with Crippen LogP contribution in [0.3, 0.4) is 0 Å². The van der Waals surface area contributed by atoms with Crippen molar-refractivity contribution < 1.29 is 8.81 Å². The smallest absolute Gasteiger partial charge is 0.348 e. The van der Waals surface area contributed by atoms with Gasteiger partial charge in [0.1, 0.15) is 16.0 Å². The molecule has 6 heteroatoms. The largest absolute Gasteiger partial charge is 0.403 e. The van der Waals surface area contributed by atoms with Gasteiger partial charge in [0.2, 0.25) is 5.89 Å². The van der Waals surface area contributed by atoms with Gasteiger partial charge in [-0.2, -0.15) is 0 Å². The summed E-state index contributed by atoms with van der Waals surface area (Å²) in [5.41, 5.74) is 1.00. The molecule has 0 aliphatic heterocycles. The third-order valence-electron chi connectivity index (χ3n) is 3.25. The predicted octanol–water partition coefficient (Wildman–Crippen LogP) is 4.78. The maximum Gasteiger partial charge on any atom is 0.348 e. The molecular formula is C16H8FNO2S2. The van der Waals surface area contributed by atoms with Crippen LogP contribution >= 0.6 is 22.7 Å². The molecule has 1 aromatic carbocycles. The van der Waals surface area contributed by atoms with Gasteiger partial charge in [0.15, 0.2) is 0 Å². The summed E-state index contributed by atoms with van der Waals surface area (Å²) in [5.74, 6) is -0.139. The zero-order chi connectivity index (χ0) is 15.1. The van der Waals surface area contributed by atoms with Gasteiger partial charge in [-0.05, 0) is 35.7 Å². The van der Waals surface area contributed by atoms with Crippen LogP contribution in [0.4, 0.5) is 4.39 Å². The number of aromatic nitrogens is 1. The summed E-state index contributed by atoms with van der Waals surface area (Å²) in [7, 11) is 0. The highest BCUT2D eigenvalue weighted by atomic mass is 32.1. The standard InChI is InChI=1S/C16H8FNO2S2/c17-10-5-3-9(4-6-10)14-18-15-13(16(19)20-14)11(8-22-15)12-2-1-7-21-12/h1-8H. The van der Waals surface area contributed by atoms with Gasteiger partial charge in [-0.15, -0.1) is 22.7 Å².